The molecule has 0 spiro atoms. The zero-order valence-corrected chi connectivity index (χ0v) is 14.5. The highest BCUT2D eigenvalue weighted by Crippen LogP contribution is 2.40. The standard InChI is InChI=1S/C19H17N3O2S/c1-3-10-24-18(23)16-12(2)20-19-21-13-7-4-5-8-14(13)22(19)17(16)15-9-6-11-25-15/h3-9,11,17H,1,10H2,2H3,(H,20,21)/t17-/m0/s1. The third-order valence-electron chi connectivity index (χ3n) is 4.20. The van der Waals surface area contributed by atoms with Crippen LogP contribution in [0.5, 0.6) is 0 Å². The molecule has 6 heteroatoms. The van der Waals surface area contributed by atoms with Crippen LogP contribution in [0.1, 0.15) is 17.8 Å². The third-order valence-corrected chi connectivity index (χ3v) is 5.12. The third kappa shape index (κ3) is 2.55. The Morgan fingerprint density at radius 3 is 3.00 bits per heavy atom. The molecule has 0 unspecified atom stereocenters. The van der Waals surface area contributed by atoms with E-state index >= 15 is 0 Å². The molecule has 0 saturated heterocycles. The molecule has 126 valence electrons. The second kappa shape index (κ2) is 6.22. The van der Waals surface area contributed by atoms with E-state index in [9.17, 15) is 4.79 Å². The number of hydrogen-bond donors (Lipinski definition) is 1. The minimum atomic E-state index is -0.341. The number of esters is 1. The first-order valence-electron chi connectivity index (χ1n) is 7.97. The Balaban J connectivity index is 1.92. The van der Waals surface area contributed by atoms with E-state index in [2.05, 4.69) is 21.4 Å². The van der Waals surface area contributed by atoms with Crippen LogP contribution in [0.15, 0.2) is 65.7 Å². The van der Waals surface area contributed by atoms with Gasteiger partial charge in [0, 0.05) is 10.6 Å². The van der Waals surface area contributed by atoms with Gasteiger partial charge in [-0.15, -0.1) is 11.3 Å². The summed E-state index contributed by atoms with van der Waals surface area (Å²) in [5.41, 5.74) is 3.22. The molecular formula is C19H17N3O2S. The summed E-state index contributed by atoms with van der Waals surface area (Å²) in [5.74, 6) is 0.393. The predicted octanol–water partition coefficient (Wildman–Crippen LogP) is 4.12. The SMILES string of the molecule is C=CCOC(=O)C1=C(C)Nc2nc3ccccc3n2[C@H]1c1cccs1. The van der Waals surface area contributed by atoms with Crippen molar-refractivity contribution in [2.24, 2.45) is 0 Å². The highest BCUT2D eigenvalue weighted by atomic mass is 32.1. The van der Waals surface area contributed by atoms with E-state index in [4.69, 9.17) is 4.74 Å². The van der Waals surface area contributed by atoms with Crippen molar-refractivity contribution in [1.82, 2.24) is 9.55 Å². The second-order valence-corrected chi connectivity index (χ2v) is 6.74. The first-order chi connectivity index (χ1) is 12.2. The summed E-state index contributed by atoms with van der Waals surface area (Å²) in [4.78, 5) is 18.5. The molecule has 25 heavy (non-hydrogen) atoms. The highest BCUT2D eigenvalue weighted by Gasteiger charge is 2.35. The molecule has 1 aromatic carbocycles. The van der Waals surface area contributed by atoms with Gasteiger partial charge in [-0.2, -0.15) is 0 Å². The summed E-state index contributed by atoms with van der Waals surface area (Å²) in [5, 5.41) is 5.27. The van der Waals surface area contributed by atoms with Gasteiger partial charge >= 0.3 is 5.97 Å². The average Bonchev–Trinajstić information content (AvgIpc) is 3.25. The van der Waals surface area contributed by atoms with Crippen molar-refractivity contribution in [1.29, 1.82) is 0 Å². The molecule has 1 aliphatic rings. The molecule has 1 N–H and O–H groups in total. The van der Waals surface area contributed by atoms with Crippen molar-refractivity contribution in [2.45, 2.75) is 13.0 Å². The lowest BCUT2D eigenvalue weighted by atomic mass is 10.0. The summed E-state index contributed by atoms with van der Waals surface area (Å²) in [6.45, 7) is 5.68. The molecular weight excluding hydrogens is 334 g/mol. The van der Waals surface area contributed by atoms with Gasteiger partial charge < -0.3 is 10.1 Å². The Kier molecular flexibility index (Phi) is 3.89. The Morgan fingerprint density at radius 1 is 1.40 bits per heavy atom. The van der Waals surface area contributed by atoms with Crippen molar-refractivity contribution in [3.63, 3.8) is 0 Å². The molecule has 2 aromatic heterocycles. The topological polar surface area (TPSA) is 56.1 Å². The number of carbonyl (C=O) groups is 1. The van der Waals surface area contributed by atoms with E-state index in [1.54, 1.807) is 17.4 Å². The van der Waals surface area contributed by atoms with Crippen LogP contribution in [-0.2, 0) is 9.53 Å². The number of fused-ring (bicyclic) bond motifs is 3. The summed E-state index contributed by atoms with van der Waals surface area (Å²) >= 11 is 1.61. The summed E-state index contributed by atoms with van der Waals surface area (Å²) in [6, 6.07) is 11.7. The molecule has 4 rings (SSSR count). The number of nitrogens with zero attached hydrogens (tertiary/aromatic N) is 2. The second-order valence-electron chi connectivity index (χ2n) is 5.76. The van der Waals surface area contributed by atoms with Gasteiger partial charge in [-0.05, 0) is 30.5 Å². The molecule has 3 aromatic rings. The molecule has 0 aliphatic carbocycles. The lowest BCUT2D eigenvalue weighted by Crippen LogP contribution is -2.28. The first kappa shape index (κ1) is 15.7. The fraction of sp³-hybridized carbons (Fsp3) is 0.158. The van der Waals surface area contributed by atoms with Gasteiger partial charge in [-0.25, -0.2) is 9.78 Å². The lowest BCUT2D eigenvalue weighted by Gasteiger charge is -2.29. The molecule has 0 radical (unpaired) electrons. The van der Waals surface area contributed by atoms with Gasteiger partial charge in [0.15, 0.2) is 0 Å². The number of nitrogens with one attached hydrogen (secondary N) is 1. The van der Waals surface area contributed by atoms with Gasteiger partial charge in [0.25, 0.3) is 0 Å². The monoisotopic (exact) mass is 351 g/mol. The van der Waals surface area contributed by atoms with Crippen LogP contribution < -0.4 is 5.32 Å². The number of imidazole rings is 1. The van der Waals surface area contributed by atoms with Gasteiger partial charge in [0.1, 0.15) is 12.6 Å². The summed E-state index contributed by atoms with van der Waals surface area (Å²) in [6.07, 6.45) is 1.57. The molecule has 3 heterocycles. The van der Waals surface area contributed by atoms with E-state index in [0.717, 1.165) is 27.6 Å². The molecule has 0 bridgehead atoms. The van der Waals surface area contributed by atoms with E-state index < -0.39 is 0 Å². The van der Waals surface area contributed by atoms with E-state index in [-0.39, 0.29) is 18.6 Å². The van der Waals surface area contributed by atoms with Crippen molar-refractivity contribution in [3.05, 3.63) is 70.6 Å². The highest BCUT2D eigenvalue weighted by molar-refractivity contribution is 7.10. The van der Waals surface area contributed by atoms with Gasteiger partial charge in [0.05, 0.1) is 16.6 Å². The maximum absolute atomic E-state index is 12.7. The number of aromatic nitrogens is 2. The fourth-order valence-electron chi connectivity index (χ4n) is 3.16. The summed E-state index contributed by atoms with van der Waals surface area (Å²) in [7, 11) is 0. The number of para-hydroxylation sites is 2. The molecule has 0 fully saturated rings. The number of anilines is 1. The fourth-order valence-corrected chi connectivity index (χ4v) is 3.98. The molecule has 5 nitrogen and oxygen atoms in total. The minimum absolute atomic E-state index is 0.185. The average molecular weight is 351 g/mol. The van der Waals surface area contributed by atoms with E-state index in [1.807, 2.05) is 48.7 Å². The van der Waals surface area contributed by atoms with Gasteiger partial charge in [-0.1, -0.05) is 30.9 Å². The van der Waals surface area contributed by atoms with Crippen molar-refractivity contribution < 1.29 is 9.53 Å². The Hall–Kier alpha value is -2.86. The summed E-state index contributed by atoms with van der Waals surface area (Å²) < 4.78 is 7.42. The molecule has 1 aliphatic heterocycles. The van der Waals surface area contributed by atoms with E-state index in [0.29, 0.717) is 5.57 Å². The Labute approximate surface area is 149 Å². The van der Waals surface area contributed by atoms with E-state index in [1.165, 1.54) is 0 Å². The number of hydrogen-bond acceptors (Lipinski definition) is 5. The number of ether oxygens (including phenoxy) is 1. The normalized spacial score (nSPS) is 16.4. The van der Waals surface area contributed by atoms with Crippen LogP contribution in [0.25, 0.3) is 11.0 Å². The Morgan fingerprint density at radius 2 is 2.24 bits per heavy atom. The van der Waals surface area contributed by atoms with Crippen LogP contribution in [0.3, 0.4) is 0 Å². The van der Waals surface area contributed by atoms with Crippen molar-refractivity contribution >= 4 is 34.3 Å². The number of carbonyl (C=O) groups excluding carboxylic acids is 1. The maximum atomic E-state index is 12.7. The molecule has 0 amide bonds. The van der Waals surface area contributed by atoms with Crippen LogP contribution in [-0.4, -0.2) is 22.1 Å². The lowest BCUT2D eigenvalue weighted by molar-refractivity contribution is -0.138. The zero-order valence-electron chi connectivity index (χ0n) is 13.7. The molecule has 1 atom stereocenters. The smallest absolute Gasteiger partial charge is 0.338 e. The van der Waals surface area contributed by atoms with Crippen LogP contribution in [0.2, 0.25) is 0 Å². The predicted molar refractivity (Wildman–Crippen MR) is 99.7 cm³/mol. The van der Waals surface area contributed by atoms with Gasteiger partial charge in [-0.3, -0.25) is 4.57 Å². The number of thiophene rings is 1. The number of benzene rings is 1. The first-order valence-corrected chi connectivity index (χ1v) is 8.85. The van der Waals surface area contributed by atoms with Crippen molar-refractivity contribution in [2.75, 3.05) is 11.9 Å². The Bertz CT molecular complexity index is 985. The number of rotatable bonds is 4. The quantitative estimate of drug-likeness (QED) is 0.567. The molecule has 0 saturated carbocycles. The van der Waals surface area contributed by atoms with Gasteiger partial charge in [0.2, 0.25) is 5.95 Å². The zero-order chi connectivity index (χ0) is 17.4. The van der Waals surface area contributed by atoms with Crippen LogP contribution in [0, 0.1) is 0 Å². The van der Waals surface area contributed by atoms with Crippen molar-refractivity contribution in [3.8, 4) is 0 Å². The maximum Gasteiger partial charge on any atom is 0.338 e. The largest absolute Gasteiger partial charge is 0.458 e. The van der Waals surface area contributed by atoms with Crippen LogP contribution in [0.4, 0.5) is 5.95 Å². The minimum Gasteiger partial charge on any atom is -0.458 e. The van der Waals surface area contributed by atoms with Crippen LogP contribution >= 0.6 is 11.3 Å². The number of allylic oxidation sites excluding steroid dienone is 1.